The van der Waals surface area contributed by atoms with Crippen LogP contribution in [0.2, 0.25) is 5.02 Å². The quantitative estimate of drug-likeness (QED) is 0.165. The van der Waals surface area contributed by atoms with E-state index in [1.54, 1.807) is 47.4 Å². The summed E-state index contributed by atoms with van der Waals surface area (Å²) in [6.45, 7) is 1.71. The Morgan fingerprint density at radius 1 is 1.15 bits per heavy atom. The van der Waals surface area contributed by atoms with Crippen LogP contribution in [0, 0.1) is 11.8 Å². The monoisotopic (exact) mass is 647 g/mol. The molecule has 7 rings (SSSR count). The second kappa shape index (κ2) is 12.2. The van der Waals surface area contributed by atoms with Crippen LogP contribution in [0.1, 0.15) is 40.2 Å². The largest absolute Gasteiger partial charge is 0.485 e. The summed E-state index contributed by atoms with van der Waals surface area (Å²) in [5.41, 5.74) is 3.65. The van der Waals surface area contributed by atoms with E-state index >= 15 is 4.39 Å². The predicted molar refractivity (Wildman–Crippen MR) is 165 cm³/mol. The van der Waals surface area contributed by atoms with Gasteiger partial charge in [-0.15, -0.1) is 0 Å². The van der Waals surface area contributed by atoms with Gasteiger partial charge in [-0.3, -0.25) is 4.79 Å². The van der Waals surface area contributed by atoms with E-state index in [9.17, 15) is 14.0 Å². The molecule has 236 valence electrons. The summed E-state index contributed by atoms with van der Waals surface area (Å²) in [6.07, 6.45) is 2.86. The van der Waals surface area contributed by atoms with Crippen molar-refractivity contribution in [3.05, 3.63) is 100 Å². The van der Waals surface area contributed by atoms with E-state index < -0.39 is 17.8 Å². The summed E-state index contributed by atoms with van der Waals surface area (Å²) in [4.78, 5) is 32.1. The third kappa shape index (κ3) is 5.60. The van der Waals surface area contributed by atoms with Crippen LogP contribution in [-0.2, 0) is 34.0 Å². The van der Waals surface area contributed by atoms with Crippen molar-refractivity contribution >= 4 is 51.1 Å². The van der Waals surface area contributed by atoms with E-state index in [0.717, 1.165) is 11.9 Å². The number of carbonyl (C=O) groups is 2. The molecular formula is C34H28ClF2N3O6. The molecule has 0 spiro atoms. The van der Waals surface area contributed by atoms with Crippen molar-refractivity contribution in [3.63, 3.8) is 0 Å². The van der Waals surface area contributed by atoms with Gasteiger partial charge in [-0.25, -0.2) is 14.2 Å². The molecule has 0 aliphatic carbocycles. The van der Waals surface area contributed by atoms with Crippen molar-refractivity contribution in [2.75, 3.05) is 20.3 Å². The van der Waals surface area contributed by atoms with Gasteiger partial charge >= 0.3 is 5.97 Å². The SMILES string of the molecule is COC(=O)c1ccc2nc(CN3CCC(c4cccc(F)c4OCc4ccc(Cl)c5cc(F)oc45)=CC3=O)n(C[C@@H]3CCO3)c2c1. The minimum absolute atomic E-state index is 0.0173. The number of carbonyl (C=O) groups excluding carboxylic acids is 2. The van der Waals surface area contributed by atoms with Gasteiger partial charge in [0.15, 0.2) is 11.6 Å². The number of imidazole rings is 1. The van der Waals surface area contributed by atoms with Gasteiger partial charge in [0.25, 0.3) is 6.01 Å². The van der Waals surface area contributed by atoms with Crippen LogP contribution < -0.4 is 4.74 Å². The maximum atomic E-state index is 15.1. The number of methoxy groups -OCH3 is 1. The van der Waals surface area contributed by atoms with Gasteiger partial charge in [-0.1, -0.05) is 29.8 Å². The Labute approximate surface area is 266 Å². The lowest BCUT2D eigenvalue weighted by Gasteiger charge is -2.29. The lowest BCUT2D eigenvalue weighted by atomic mass is 9.98. The number of esters is 1. The van der Waals surface area contributed by atoms with Crippen LogP contribution in [0.3, 0.4) is 0 Å². The first-order valence-electron chi connectivity index (χ1n) is 14.8. The van der Waals surface area contributed by atoms with Crippen LogP contribution in [0.4, 0.5) is 8.78 Å². The number of para-hydroxylation sites is 1. The Kier molecular flexibility index (Phi) is 7.95. The van der Waals surface area contributed by atoms with E-state index in [1.807, 2.05) is 4.57 Å². The Morgan fingerprint density at radius 3 is 2.76 bits per heavy atom. The minimum Gasteiger partial charge on any atom is -0.485 e. The van der Waals surface area contributed by atoms with Crippen LogP contribution >= 0.6 is 11.6 Å². The molecule has 1 saturated heterocycles. The van der Waals surface area contributed by atoms with E-state index in [2.05, 4.69) is 0 Å². The number of benzene rings is 3. The van der Waals surface area contributed by atoms with Crippen LogP contribution in [-0.4, -0.2) is 52.7 Å². The molecule has 0 radical (unpaired) electrons. The zero-order chi connectivity index (χ0) is 31.9. The third-order valence-electron chi connectivity index (χ3n) is 8.39. The molecule has 2 aliphatic heterocycles. The van der Waals surface area contributed by atoms with Gasteiger partial charge in [-0.05, 0) is 48.7 Å². The number of aromatic nitrogens is 2. The lowest BCUT2D eigenvalue weighted by Crippen LogP contribution is -2.36. The molecule has 46 heavy (non-hydrogen) atoms. The Morgan fingerprint density at radius 2 is 2.00 bits per heavy atom. The molecule has 0 N–H and O–H groups in total. The fraction of sp³-hybridized carbons (Fsp3) is 0.265. The fourth-order valence-corrected chi connectivity index (χ4v) is 6.08. The summed E-state index contributed by atoms with van der Waals surface area (Å²) < 4.78 is 52.6. The summed E-state index contributed by atoms with van der Waals surface area (Å²) >= 11 is 6.17. The van der Waals surface area contributed by atoms with Crippen molar-refractivity contribution in [3.8, 4) is 5.75 Å². The van der Waals surface area contributed by atoms with E-state index in [0.29, 0.717) is 70.1 Å². The van der Waals surface area contributed by atoms with Crippen LogP contribution in [0.15, 0.2) is 65.1 Å². The fourth-order valence-electron chi connectivity index (χ4n) is 5.88. The number of fused-ring (bicyclic) bond motifs is 2. The highest BCUT2D eigenvalue weighted by molar-refractivity contribution is 6.35. The molecule has 0 saturated carbocycles. The zero-order valence-corrected chi connectivity index (χ0v) is 25.5. The molecule has 5 aromatic rings. The highest BCUT2D eigenvalue weighted by Crippen LogP contribution is 2.35. The average molecular weight is 648 g/mol. The van der Waals surface area contributed by atoms with Crippen molar-refractivity contribution < 1.29 is 37.0 Å². The number of halogens is 3. The molecule has 2 aliphatic rings. The van der Waals surface area contributed by atoms with Gasteiger partial charge in [0.1, 0.15) is 18.0 Å². The number of ether oxygens (including phenoxy) is 3. The summed E-state index contributed by atoms with van der Waals surface area (Å²) in [5, 5.41) is 0.721. The molecule has 0 bridgehead atoms. The van der Waals surface area contributed by atoms with E-state index in [-0.39, 0.29) is 36.5 Å². The first-order chi connectivity index (χ1) is 22.3. The number of hydrogen-bond acceptors (Lipinski definition) is 7. The van der Waals surface area contributed by atoms with Crippen LogP contribution in [0.25, 0.3) is 27.6 Å². The Hall–Kier alpha value is -4.74. The zero-order valence-electron chi connectivity index (χ0n) is 24.7. The number of amides is 1. The predicted octanol–water partition coefficient (Wildman–Crippen LogP) is 6.68. The molecule has 1 fully saturated rings. The summed E-state index contributed by atoms with van der Waals surface area (Å²) in [6, 6.07) is 13.4. The number of nitrogens with zero attached hydrogens (tertiary/aromatic N) is 3. The molecule has 4 heterocycles. The van der Waals surface area contributed by atoms with Crippen molar-refractivity contribution in [1.29, 1.82) is 0 Å². The first kappa shape index (κ1) is 29.9. The van der Waals surface area contributed by atoms with Gasteiger partial charge < -0.3 is 28.1 Å². The van der Waals surface area contributed by atoms with Gasteiger partial charge in [-0.2, -0.15) is 4.39 Å². The minimum atomic E-state index is -0.788. The molecule has 1 atom stereocenters. The standard InChI is InChI=1S/C34H28ClF2N3O6/c1-43-34(42)20-6-8-27-28(13-20)40(16-22-10-12-44-22)30(38-27)17-39-11-9-19(14-31(39)41)23-3-2-4-26(36)33(23)45-18-21-5-7-25(35)24-15-29(37)46-32(21)24/h2-8,13-15,22H,9-12,16-18H2,1H3/t22-/m0/s1. The summed E-state index contributed by atoms with van der Waals surface area (Å²) in [7, 11) is 1.33. The molecular weight excluding hydrogens is 620 g/mol. The maximum Gasteiger partial charge on any atom is 0.337 e. The molecule has 9 nitrogen and oxygen atoms in total. The van der Waals surface area contributed by atoms with Crippen molar-refractivity contribution in [2.45, 2.75) is 38.6 Å². The molecule has 0 unspecified atom stereocenters. The van der Waals surface area contributed by atoms with E-state index in [4.69, 9.17) is 35.2 Å². The average Bonchev–Trinajstić information content (AvgIpc) is 3.59. The van der Waals surface area contributed by atoms with Crippen LogP contribution in [0.5, 0.6) is 5.75 Å². The highest BCUT2D eigenvalue weighted by Gasteiger charge is 2.27. The summed E-state index contributed by atoms with van der Waals surface area (Å²) in [5.74, 6) is -0.653. The topological polar surface area (TPSA) is 96.0 Å². The number of furan rings is 1. The second-order valence-electron chi connectivity index (χ2n) is 11.2. The maximum absolute atomic E-state index is 15.1. The second-order valence-corrected chi connectivity index (χ2v) is 11.6. The first-order valence-corrected chi connectivity index (χ1v) is 15.1. The molecule has 2 aromatic heterocycles. The molecule has 12 heteroatoms. The van der Waals surface area contributed by atoms with Crippen molar-refractivity contribution in [2.24, 2.45) is 0 Å². The highest BCUT2D eigenvalue weighted by atomic mass is 35.5. The number of rotatable bonds is 9. The van der Waals surface area contributed by atoms with Crippen molar-refractivity contribution in [1.82, 2.24) is 14.5 Å². The molecule has 3 aromatic carbocycles. The smallest absolute Gasteiger partial charge is 0.337 e. The number of hydrogen-bond donors (Lipinski definition) is 0. The van der Waals surface area contributed by atoms with Gasteiger partial charge in [0.05, 0.1) is 47.9 Å². The lowest BCUT2D eigenvalue weighted by molar-refractivity contribution is -0.127. The van der Waals surface area contributed by atoms with Gasteiger partial charge in [0, 0.05) is 41.8 Å². The Balaban J connectivity index is 1.13. The third-order valence-corrected chi connectivity index (χ3v) is 8.72. The normalized spacial score (nSPS) is 16.5. The van der Waals surface area contributed by atoms with E-state index in [1.165, 1.54) is 25.3 Å². The molecule has 1 amide bonds. The van der Waals surface area contributed by atoms with Gasteiger partial charge in [0.2, 0.25) is 5.91 Å². The Bertz CT molecular complexity index is 2030.